The van der Waals surface area contributed by atoms with Crippen molar-refractivity contribution in [2.75, 3.05) is 5.73 Å². The van der Waals surface area contributed by atoms with Gasteiger partial charge in [0.05, 0.1) is 5.69 Å². The highest BCUT2D eigenvalue weighted by molar-refractivity contribution is 7.99. The first-order chi connectivity index (χ1) is 7.15. The number of nitrogens with zero attached hydrogens (tertiary/aromatic N) is 1. The first-order valence-electron chi connectivity index (χ1n) is 4.30. The molecular formula is C10H9ClN2OS. The normalized spacial score (nSPS) is 10.5. The van der Waals surface area contributed by atoms with Gasteiger partial charge < -0.3 is 10.2 Å². The summed E-state index contributed by atoms with van der Waals surface area (Å²) >= 11 is 7.18. The van der Waals surface area contributed by atoms with Crippen molar-refractivity contribution >= 4 is 29.1 Å². The number of nitrogen functional groups attached to an aromatic ring is 1. The molecule has 0 unspecified atom stereocenters. The van der Waals surface area contributed by atoms with E-state index in [0.717, 1.165) is 10.6 Å². The van der Waals surface area contributed by atoms with Gasteiger partial charge >= 0.3 is 0 Å². The zero-order valence-electron chi connectivity index (χ0n) is 8.03. The molecule has 0 saturated heterocycles. The molecule has 0 fully saturated rings. The molecule has 1 aromatic heterocycles. The molecule has 5 heteroatoms. The standard InChI is InChI=1S/C10H9ClN2OS/c1-6-5-14-10(13-6)15-9-3-2-7(11)4-8(9)12/h2-5H,12H2,1H3. The van der Waals surface area contributed by atoms with Gasteiger partial charge in [0, 0.05) is 15.6 Å². The number of aryl methyl sites for hydroxylation is 1. The SMILES string of the molecule is Cc1coc(Sc2ccc(Cl)cc2N)n1. The van der Waals surface area contributed by atoms with Crippen LogP contribution >= 0.6 is 23.4 Å². The Hall–Kier alpha value is -1.13. The molecule has 2 aromatic rings. The summed E-state index contributed by atoms with van der Waals surface area (Å²) in [6, 6.07) is 5.34. The first-order valence-corrected chi connectivity index (χ1v) is 5.49. The van der Waals surface area contributed by atoms with Gasteiger partial charge in [0.1, 0.15) is 6.26 Å². The predicted octanol–water partition coefficient (Wildman–Crippen LogP) is 3.37. The van der Waals surface area contributed by atoms with Gasteiger partial charge in [-0.3, -0.25) is 0 Å². The molecule has 15 heavy (non-hydrogen) atoms. The van der Waals surface area contributed by atoms with Gasteiger partial charge in [-0.25, -0.2) is 4.98 Å². The van der Waals surface area contributed by atoms with Crippen LogP contribution in [-0.4, -0.2) is 4.98 Å². The summed E-state index contributed by atoms with van der Waals surface area (Å²) in [7, 11) is 0. The lowest BCUT2D eigenvalue weighted by Crippen LogP contribution is -1.87. The third-order valence-corrected chi connectivity index (χ3v) is 2.96. The minimum Gasteiger partial charge on any atom is -0.439 e. The molecular weight excluding hydrogens is 232 g/mol. The lowest BCUT2D eigenvalue weighted by Gasteiger charge is -2.01. The van der Waals surface area contributed by atoms with Crippen LogP contribution in [0, 0.1) is 6.92 Å². The van der Waals surface area contributed by atoms with Crippen LogP contribution in [0.5, 0.6) is 0 Å². The van der Waals surface area contributed by atoms with Crippen molar-refractivity contribution in [2.45, 2.75) is 17.0 Å². The van der Waals surface area contributed by atoms with Crippen LogP contribution in [0.1, 0.15) is 5.69 Å². The monoisotopic (exact) mass is 240 g/mol. The molecule has 0 radical (unpaired) electrons. The second-order valence-electron chi connectivity index (χ2n) is 3.04. The van der Waals surface area contributed by atoms with E-state index in [-0.39, 0.29) is 0 Å². The maximum absolute atomic E-state index is 5.80. The molecule has 1 aromatic carbocycles. The van der Waals surface area contributed by atoms with E-state index in [1.807, 2.05) is 13.0 Å². The highest BCUT2D eigenvalue weighted by Crippen LogP contribution is 2.32. The predicted molar refractivity (Wildman–Crippen MR) is 61.2 cm³/mol. The molecule has 0 spiro atoms. The van der Waals surface area contributed by atoms with E-state index in [0.29, 0.717) is 15.9 Å². The van der Waals surface area contributed by atoms with Gasteiger partial charge in [0.15, 0.2) is 0 Å². The summed E-state index contributed by atoms with van der Waals surface area (Å²) in [4.78, 5) is 5.07. The number of nitrogens with two attached hydrogens (primary N) is 1. The zero-order valence-corrected chi connectivity index (χ0v) is 9.60. The third kappa shape index (κ3) is 2.46. The van der Waals surface area contributed by atoms with E-state index >= 15 is 0 Å². The fourth-order valence-corrected chi connectivity index (χ4v) is 2.05. The maximum Gasteiger partial charge on any atom is 0.260 e. The van der Waals surface area contributed by atoms with Crippen molar-refractivity contribution in [2.24, 2.45) is 0 Å². The number of halogens is 1. The van der Waals surface area contributed by atoms with Crippen LogP contribution < -0.4 is 5.73 Å². The molecule has 0 saturated carbocycles. The number of hydrogen-bond donors (Lipinski definition) is 1. The molecule has 3 nitrogen and oxygen atoms in total. The first kappa shape index (κ1) is 10.4. The van der Waals surface area contributed by atoms with Gasteiger partial charge in [-0.15, -0.1) is 0 Å². The van der Waals surface area contributed by atoms with Crippen molar-refractivity contribution in [3.05, 3.63) is 35.2 Å². The van der Waals surface area contributed by atoms with Crippen LogP contribution in [0.3, 0.4) is 0 Å². The van der Waals surface area contributed by atoms with Crippen LogP contribution in [0.4, 0.5) is 5.69 Å². The molecule has 0 amide bonds. The van der Waals surface area contributed by atoms with Crippen LogP contribution in [0.25, 0.3) is 0 Å². The van der Waals surface area contributed by atoms with E-state index in [4.69, 9.17) is 21.8 Å². The topological polar surface area (TPSA) is 52.0 Å². The van der Waals surface area contributed by atoms with E-state index in [1.54, 1.807) is 18.4 Å². The number of anilines is 1. The highest BCUT2D eigenvalue weighted by atomic mass is 35.5. The summed E-state index contributed by atoms with van der Waals surface area (Å²) in [5.74, 6) is 0. The Balaban J connectivity index is 2.24. The fraction of sp³-hybridized carbons (Fsp3) is 0.100. The largest absolute Gasteiger partial charge is 0.439 e. The Morgan fingerprint density at radius 1 is 1.47 bits per heavy atom. The smallest absolute Gasteiger partial charge is 0.260 e. The van der Waals surface area contributed by atoms with Crippen LogP contribution in [0.2, 0.25) is 5.02 Å². The summed E-state index contributed by atoms with van der Waals surface area (Å²) in [5.41, 5.74) is 7.28. The Kier molecular flexibility index (Phi) is 2.88. The average Bonchev–Trinajstić information content (AvgIpc) is 2.56. The molecule has 2 N–H and O–H groups in total. The van der Waals surface area contributed by atoms with Gasteiger partial charge in [0.2, 0.25) is 0 Å². The van der Waals surface area contributed by atoms with Crippen LogP contribution in [0.15, 0.2) is 39.0 Å². The Morgan fingerprint density at radius 3 is 2.87 bits per heavy atom. The van der Waals surface area contributed by atoms with Crippen molar-refractivity contribution in [1.82, 2.24) is 4.98 Å². The molecule has 0 bridgehead atoms. The van der Waals surface area contributed by atoms with Crippen molar-refractivity contribution in [1.29, 1.82) is 0 Å². The van der Waals surface area contributed by atoms with Crippen LogP contribution in [-0.2, 0) is 0 Å². The Bertz CT molecular complexity index is 484. The molecule has 0 aliphatic carbocycles. The van der Waals surface area contributed by atoms with E-state index in [1.165, 1.54) is 11.8 Å². The molecule has 0 aliphatic heterocycles. The van der Waals surface area contributed by atoms with E-state index in [9.17, 15) is 0 Å². The van der Waals surface area contributed by atoms with E-state index < -0.39 is 0 Å². The van der Waals surface area contributed by atoms with Gasteiger partial charge in [0.25, 0.3) is 5.22 Å². The molecule has 78 valence electrons. The molecule has 1 heterocycles. The number of rotatable bonds is 2. The summed E-state index contributed by atoms with van der Waals surface area (Å²) in [5, 5.41) is 1.21. The van der Waals surface area contributed by atoms with E-state index in [2.05, 4.69) is 4.98 Å². The second-order valence-corrected chi connectivity index (χ2v) is 4.47. The molecule has 0 atom stereocenters. The van der Waals surface area contributed by atoms with Crippen molar-refractivity contribution in [3.63, 3.8) is 0 Å². The number of aromatic nitrogens is 1. The summed E-state index contributed by atoms with van der Waals surface area (Å²) in [6.07, 6.45) is 1.61. The van der Waals surface area contributed by atoms with Crippen molar-refractivity contribution in [3.8, 4) is 0 Å². The molecule has 2 rings (SSSR count). The lowest BCUT2D eigenvalue weighted by atomic mass is 10.3. The summed E-state index contributed by atoms with van der Waals surface area (Å²) in [6.45, 7) is 1.87. The zero-order chi connectivity index (χ0) is 10.8. The lowest BCUT2D eigenvalue weighted by molar-refractivity contribution is 0.454. The minimum absolute atomic E-state index is 0.585. The quantitative estimate of drug-likeness (QED) is 0.818. The average molecular weight is 241 g/mol. The minimum atomic E-state index is 0.585. The van der Waals surface area contributed by atoms with Crippen molar-refractivity contribution < 1.29 is 4.42 Å². The molecule has 0 aliphatic rings. The highest BCUT2D eigenvalue weighted by Gasteiger charge is 2.06. The van der Waals surface area contributed by atoms with Gasteiger partial charge in [-0.05, 0) is 36.9 Å². The number of hydrogen-bond acceptors (Lipinski definition) is 4. The van der Waals surface area contributed by atoms with Gasteiger partial charge in [-0.1, -0.05) is 11.6 Å². The maximum atomic E-state index is 5.80. The number of benzene rings is 1. The summed E-state index contributed by atoms with van der Waals surface area (Å²) < 4.78 is 5.22. The fourth-order valence-electron chi connectivity index (χ4n) is 1.09. The third-order valence-electron chi connectivity index (χ3n) is 1.77. The second kappa shape index (κ2) is 4.16. The van der Waals surface area contributed by atoms with Gasteiger partial charge in [-0.2, -0.15) is 0 Å². The Morgan fingerprint density at radius 2 is 2.27 bits per heavy atom. The Labute approximate surface area is 96.6 Å². The number of oxazole rings is 1.